The number of nitrogens with zero attached hydrogens (tertiary/aromatic N) is 3. The molecule has 3 fully saturated rings. The second-order valence-corrected chi connectivity index (χ2v) is 10.2. The number of likely N-dealkylation sites (tertiary alicyclic amines) is 1. The first-order valence-corrected chi connectivity index (χ1v) is 10.8. The van der Waals surface area contributed by atoms with Gasteiger partial charge in [-0.25, -0.2) is 18.4 Å². The van der Waals surface area contributed by atoms with Gasteiger partial charge in [-0.05, 0) is 50.1 Å². The molecule has 0 atom stereocenters. The van der Waals surface area contributed by atoms with Gasteiger partial charge in [0.1, 0.15) is 0 Å². The van der Waals surface area contributed by atoms with Gasteiger partial charge in [-0.15, -0.1) is 0 Å². The fourth-order valence-corrected chi connectivity index (χ4v) is 7.13. The molecule has 1 aromatic heterocycles. The van der Waals surface area contributed by atoms with Crippen LogP contribution in [0.1, 0.15) is 49.4 Å². The molecule has 3 aliphatic rings. The summed E-state index contributed by atoms with van der Waals surface area (Å²) in [5, 5.41) is 0. The van der Waals surface area contributed by atoms with Crippen LogP contribution in [0, 0.1) is 5.41 Å². The summed E-state index contributed by atoms with van der Waals surface area (Å²) in [4.78, 5) is 9.36. The summed E-state index contributed by atoms with van der Waals surface area (Å²) in [5.41, 5.74) is 0.760. The first-order valence-electron chi connectivity index (χ1n) is 9.00. The minimum absolute atomic E-state index is 0.0169. The van der Waals surface area contributed by atoms with E-state index in [0.717, 1.165) is 50.8 Å². The van der Waals surface area contributed by atoms with Crippen LogP contribution in [-0.4, -0.2) is 53.9 Å². The topological polar surface area (TPSA) is 63.2 Å². The lowest BCUT2D eigenvalue weighted by Crippen LogP contribution is -2.51. The van der Waals surface area contributed by atoms with Crippen molar-refractivity contribution in [3.8, 4) is 0 Å². The number of rotatable bonds is 2. The molecule has 0 bridgehead atoms. The highest BCUT2D eigenvalue weighted by molar-refractivity contribution is 7.92. The Labute approximate surface area is 150 Å². The van der Waals surface area contributed by atoms with Gasteiger partial charge in [0.15, 0.2) is 9.84 Å². The SMILES string of the molecule is O=S1(=O)CC2(CCN([C@H]3CC[C@@H](c4cnc(C(F)(F)F)nc4)CC3)C2)C1. The number of hydrogen-bond donors (Lipinski definition) is 0. The maximum Gasteiger partial charge on any atom is 0.451 e. The van der Waals surface area contributed by atoms with E-state index in [1.807, 2.05) is 0 Å². The third-order valence-corrected chi connectivity index (χ3v) is 8.23. The summed E-state index contributed by atoms with van der Waals surface area (Å²) in [5.74, 6) is -0.231. The van der Waals surface area contributed by atoms with E-state index in [-0.39, 0.29) is 11.3 Å². The molecule has 0 N–H and O–H groups in total. The van der Waals surface area contributed by atoms with Crippen LogP contribution in [-0.2, 0) is 16.0 Å². The number of aromatic nitrogens is 2. The van der Waals surface area contributed by atoms with Gasteiger partial charge in [-0.1, -0.05) is 0 Å². The van der Waals surface area contributed by atoms with Crippen molar-refractivity contribution in [2.24, 2.45) is 5.41 Å². The van der Waals surface area contributed by atoms with Gasteiger partial charge >= 0.3 is 6.18 Å². The smallest absolute Gasteiger partial charge is 0.300 e. The molecule has 9 heteroatoms. The van der Waals surface area contributed by atoms with E-state index in [1.54, 1.807) is 0 Å². The molecule has 1 saturated carbocycles. The van der Waals surface area contributed by atoms with E-state index in [1.165, 1.54) is 12.4 Å². The maximum atomic E-state index is 12.6. The Bertz CT molecular complexity index is 759. The van der Waals surface area contributed by atoms with Crippen LogP contribution in [0.25, 0.3) is 0 Å². The summed E-state index contributed by atoms with van der Waals surface area (Å²) >= 11 is 0. The van der Waals surface area contributed by atoms with Crippen molar-refractivity contribution in [1.82, 2.24) is 14.9 Å². The Morgan fingerprint density at radius 2 is 1.69 bits per heavy atom. The van der Waals surface area contributed by atoms with Crippen molar-refractivity contribution in [2.75, 3.05) is 24.6 Å². The Morgan fingerprint density at radius 3 is 2.23 bits per heavy atom. The molecule has 1 aromatic rings. The predicted octanol–water partition coefficient (Wildman–Crippen LogP) is 2.64. The number of alkyl halides is 3. The maximum absolute atomic E-state index is 12.6. The van der Waals surface area contributed by atoms with Crippen LogP contribution in [0.15, 0.2) is 12.4 Å². The number of sulfone groups is 1. The first-order chi connectivity index (χ1) is 12.2. The molecule has 3 heterocycles. The summed E-state index contributed by atoms with van der Waals surface area (Å²) in [6.45, 7) is 1.82. The molecule has 0 amide bonds. The molecule has 4 rings (SSSR count). The summed E-state index contributed by atoms with van der Waals surface area (Å²) in [6, 6.07) is 0.448. The van der Waals surface area contributed by atoms with Gasteiger partial charge in [0, 0.05) is 30.4 Å². The minimum Gasteiger partial charge on any atom is -0.300 e. The normalized spacial score (nSPS) is 31.0. The quantitative estimate of drug-likeness (QED) is 0.778. The van der Waals surface area contributed by atoms with Crippen molar-refractivity contribution >= 4 is 9.84 Å². The highest BCUT2D eigenvalue weighted by Crippen LogP contribution is 2.44. The van der Waals surface area contributed by atoms with Crippen molar-refractivity contribution in [2.45, 2.75) is 50.2 Å². The zero-order chi connectivity index (χ0) is 18.6. The van der Waals surface area contributed by atoms with Crippen molar-refractivity contribution < 1.29 is 21.6 Å². The first kappa shape index (κ1) is 18.2. The molecule has 5 nitrogen and oxygen atoms in total. The highest BCUT2D eigenvalue weighted by atomic mass is 32.2. The zero-order valence-corrected chi connectivity index (χ0v) is 15.2. The van der Waals surface area contributed by atoms with E-state index in [4.69, 9.17) is 0 Å². The minimum atomic E-state index is -4.50. The van der Waals surface area contributed by atoms with Gasteiger partial charge in [-0.3, -0.25) is 4.90 Å². The van der Waals surface area contributed by atoms with Crippen LogP contribution in [0.5, 0.6) is 0 Å². The molecule has 144 valence electrons. The number of halogens is 3. The lowest BCUT2D eigenvalue weighted by Gasteiger charge is -2.40. The fraction of sp³-hybridized carbons (Fsp3) is 0.765. The highest BCUT2D eigenvalue weighted by Gasteiger charge is 2.52. The molecule has 26 heavy (non-hydrogen) atoms. The van der Waals surface area contributed by atoms with Crippen LogP contribution < -0.4 is 0 Å². The second-order valence-electron chi connectivity index (χ2n) is 8.10. The molecule has 1 spiro atoms. The average molecular weight is 389 g/mol. The van der Waals surface area contributed by atoms with Crippen LogP contribution in [0.3, 0.4) is 0 Å². The van der Waals surface area contributed by atoms with E-state index in [9.17, 15) is 21.6 Å². The lowest BCUT2D eigenvalue weighted by molar-refractivity contribution is -0.145. The van der Waals surface area contributed by atoms with Gasteiger partial charge in [0.25, 0.3) is 0 Å². The zero-order valence-electron chi connectivity index (χ0n) is 14.4. The third kappa shape index (κ3) is 3.47. The summed E-state index contributed by atoms with van der Waals surface area (Å²) in [6.07, 6.45) is 2.84. The Balaban J connectivity index is 1.32. The molecular formula is C17H22F3N3O2S. The third-order valence-electron chi connectivity index (χ3n) is 6.13. The van der Waals surface area contributed by atoms with Crippen LogP contribution in [0.4, 0.5) is 13.2 Å². The van der Waals surface area contributed by atoms with Gasteiger partial charge < -0.3 is 0 Å². The second kappa shape index (κ2) is 6.15. The molecule has 2 aliphatic heterocycles. The lowest BCUT2D eigenvalue weighted by atomic mass is 9.82. The van der Waals surface area contributed by atoms with E-state index >= 15 is 0 Å². The van der Waals surface area contributed by atoms with Crippen LogP contribution >= 0.6 is 0 Å². The largest absolute Gasteiger partial charge is 0.451 e. The summed E-state index contributed by atoms with van der Waals surface area (Å²) < 4.78 is 60.7. The fourth-order valence-electron chi connectivity index (χ4n) is 4.88. The molecular weight excluding hydrogens is 367 g/mol. The van der Waals surface area contributed by atoms with Gasteiger partial charge in [0.2, 0.25) is 5.82 Å². The molecule has 0 radical (unpaired) electrons. The van der Waals surface area contributed by atoms with Crippen LogP contribution in [0.2, 0.25) is 0 Å². The van der Waals surface area contributed by atoms with Crippen molar-refractivity contribution in [1.29, 1.82) is 0 Å². The molecule has 2 saturated heterocycles. The molecule has 1 aliphatic carbocycles. The summed E-state index contributed by atoms with van der Waals surface area (Å²) in [7, 11) is -2.81. The average Bonchev–Trinajstić information content (AvgIpc) is 2.98. The van der Waals surface area contributed by atoms with Crippen molar-refractivity contribution in [3.63, 3.8) is 0 Å². The Morgan fingerprint density at radius 1 is 1.08 bits per heavy atom. The van der Waals surface area contributed by atoms with Gasteiger partial charge in [0.05, 0.1) is 11.5 Å². The monoisotopic (exact) mass is 389 g/mol. The van der Waals surface area contributed by atoms with Gasteiger partial charge in [-0.2, -0.15) is 13.2 Å². The van der Waals surface area contributed by atoms with E-state index in [0.29, 0.717) is 17.5 Å². The molecule has 0 unspecified atom stereocenters. The van der Waals surface area contributed by atoms with E-state index in [2.05, 4.69) is 14.9 Å². The number of hydrogen-bond acceptors (Lipinski definition) is 5. The Kier molecular flexibility index (Phi) is 4.30. The standard InChI is InChI=1S/C17H22F3N3O2S/c18-17(19,20)15-21-7-13(8-22-15)12-1-3-14(4-2-12)23-6-5-16(9-23)10-26(24,25)11-16/h7-8,12,14H,1-6,9-11H2/t12-,14+. The molecule has 0 aromatic carbocycles. The van der Waals surface area contributed by atoms with Crippen molar-refractivity contribution in [3.05, 3.63) is 23.8 Å². The predicted molar refractivity (Wildman–Crippen MR) is 89.3 cm³/mol. The Hall–Kier alpha value is -1.22. The van der Waals surface area contributed by atoms with E-state index < -0.39 is 21.8 Å².